The molecule has 0 amide bonds. The van der Waals surface area contributed by atoms with Crippen LogP contribution in [0, 0.1) is 11.8 Å². The molecule has 1 saturated carbocycles. The number of nitrogens with one attached hydrogen (secondary N) is 1. The fraction of sp³-hybridized carbons (Fsp3) is 0.519. The van der Waals surface area contributed by atoms with Crippen LogP contribution < -0.4 is 14.8 Å². The first kappa shape index (κ1) is 24.8. The van der Waals surface area contributed by atoms with Gasteiger partial charge in [0.2, 0.25) is 0 Å². The lowest BCUT2D eigenvalue weighted by Gasteiger charge is -2.38. The third kappa shape index (κ3) is 4.42. The number of Topliss-reactive ketones (excluding diaryl/α,β-unsaturated/α-hetero) is 1. The minimum Gasteiger partial charge on any atom is -0.493 e. The second-order valence-electron chi connectivity index (χ2n) is 9.43. The van der Waals surface area contributed by atoms with Gasteiger partial charge in [0.25, 0.3) is 0 Å². The molecule has 4 rings (SSSR count). The number of para-hydroxylation sites is 1. The summed E-state index contributed by atoms with van der Waals surface area (Å²) in [5.74, 6) is -2.49. The van der Waals surface area contributed by atoms with Crippen LogP contribution in [-0.4, -0.2) is 45.2 Å². The number of methoxy groups -OCH3 is 3. The number of ketones is 1. The van der Waals surface area contributed by atoms with E-state index in [1.807, 2.05) is 19.9 Å². The highest BCUT2D eigenvalue weighted by Gasteiger charge is 2.48. The monoisotopic (exact) mass is 483 g/mol. The van der Waals surface area contributed by atoms with Crippen LogP contribution in [0.1, 0.15) is 57.4 Å². The molecule has 1 aliphatic heterocycles. The van der Waals surface area contributed by atoms with Crippen molar-refractivity contribution >= 4 is 17.7 Å². The molecule has 1 N–H and O–H groups in total. The van der Waals surface area contributed by atoms with Gasteiger partial charge in [-0.15, -0.1) is 0 Å². The lowest BCUT2D eigenvalue weighted by atomic mass is 9.69. The molecule has 1 aromatic carbocycles. The minimum atomic E-state index is -0.954. The van der Waals surface area contributed by atoms with E-state index < -0.39 is 23.8 Å². The Hall–Kier alpha value is -3.29. The molecule has 2 aliphatic carbocycles. The van der Waals surface area contributed by atoms with Crippen molar-refractivity contribution in [3.05, 3.63) is 46.3 Å². The molecule has 35 heavy (non-hydrogen) atoms. The van der Waals surface area contributed by atoms with Crippen LogP contribution in [0.2, 0.25) is 0 Å². The molecule has 0 spiro atoms. The smallest absolute Gasteiger partial charge is 0.337 e. The zero-order chi connectivity index (χ0) is 25.3. The molecule has 8 heteroatoms. The molecule has 1 fully saturated rings. The average Bonchev–Trinajstić information content (AvgIpc) is 3.35. The van der Waals surface area contributed by atoms with Gasteiger partial charge in [0.1, 0.15) is 12.0 Å². The quantitative estimate of drug-likeness (QED) is 0.482. The summed E-state index contributed by atoms with van der Waals surface area (Å²) in [5.41, 5.74) is 2.64. The highest BCUT2D eigenvalue weighted by Crippen LogP contribution is 2.49. The predicted octanol–water partition coefficient (Wildman–Crippen LogP) is 3.80. The highest BCUT2D eigenvalue weighted by molar-refractivity contribution is 6.12. The van der Waals surface area contributed by atoms with Gasteiger partial charge in [-0.1, -0.05) is 19.1 Å². The molecule has 3 atom stereocenters. The number of rotatable bonds is 6. The Morgan fingerprint density at radius 3 is 2.40 bits per heavy atom. The summed E-state index contributed by atoms with van der Waals surface area (Å²) in [6.45, 7) is 3.67. The number of ether oxygens (including phenoxy) is 4. The molecule has 0 saturated heterocycles. The fourth-order valence-corrected chi connectivity index (χ4v) is 5.62. The Labute approximate surface area is 205 Å². The van der Waals surface area contributed by atoms with Crippen molar-refractivity contribution in [2.75, 3.05) is 21.3 Å². The lowest BCUT2D eigenvalue weighted by Crippen LogP contribution is -2.43. The van der Waals surface area contributed by atoms with Crippen LogP contribution in [0.4, 0.5) is 0 Å². The highest BCUT2D eigenvalue weighted by atomic mass is 16.5. The maximum Gasteiger partial charge on any atom is 0.337 e. The number of carbonyl (C=O) groups excluding carboxylic acids is 3. The minimum absolute atomic E-state index is 0.143. The number of carbonyl (C=O) groups is 3. The third-order valence-corrected chi connectivity index (χ3v) is 7.28. The normalized spacial score (nSPS) is 24.6. The molecule has 1 aromatic rings. The van der Waals surface area contributed by atoms with E-state index in [2.05, 4.69) is 5.32 Å². The van der Waals surface area contributed by atoms with E-state index in [0.29, 0.717) is 46.0 Å². The van der Waals surface area contributed by atoms with Crippen molar-refractivity contribution in [3.63, 3.8) is 0 Å². The Morgan fingerprint density at radius 1 is 1.06 bits per heavy atom. The summed E-state index contributed by atoms with van der Waals surface area (Å²) in [4.78, 5) is 40.1. The summed E-state index contributed by atoms with van der Waals surface area (Å²) >= 11 is 0. The van der Waals surface area contributed by atoms with Gasteiger partial charge < -0.3 is 24.3 Å². The van der Waals surface area contributed by atoms with Crippen molar-refractivity contribution in [1.82, 2.24) is 5.32 Å². The van der Waals surface area contributed by atoms with Crippen molar-refractivity contribution in [1.29, 1.82) is 0 Å². The van der Waals surface area contributed by atoms with Gasteiger partial charge in [0, 0.05) is 22.5 Å². The molecule has 8 nitrogen and oxygen atoms in total. The zero-order valence-corrected chi connectivity index (χ0v) is 20.9. The SMILES string of the molecule is COC(=O)[C@H]1C(=O)C2=C(C[C@@H]1C)NC(C)=C(C(=O)OC1CCCC1)[C@H]2c1cccc(OC)c1OC. The van der Waals surface area contributed by atoms with Crippen molar-refractivity contribution < 1.29 is 33.3 Å². The number of allylic oxidation sites excluding steroid dienone is 3. The molecule has 0 radical (unpaired) electrons. The van der Waals surface area contributed by atoms with Gasteiger partial charge in [-0.05, 0) is 51.0 Å². The topological polar surface area (TPSA) is 100 Å². The number of hydrogen-bond donors (Lipinski definition) is 1. The van der Waals surface area contributed by atoms with Gasteiger partial charge in [-0.3, -0.25) is 9.59 Å². The van der Waals surface area contributed by atoms with E-state index in [9.17, 15) is 14.4 Å². The summed E-state index contributed by atoms with van der Waals surface area (Å²) in [5, 5.41) is 3.29. The number of esters is 2. The van der Waals surface area contributed by atoms with Crippen LogP contribution in [0.25, 0.3) is 0 Å². The van der Waals surface area contributed by atoms with Gasteiger partial charge in [-0.25, -0.2) is 4.79 Å². The molecule has 0 bridgehead atoms. The molecular formula is C27H33NO7. The molecule has 0 aromatic heterocycles. The van der Waals surface area contributed by atoms with E-state index >= 15 is 0 Å². The van der Waals surface area contributed by atoms with Crippen molar-refractivity contribution in [2.45, 2.75) is 58.0 Å². The van der Waals surface area contributed by atoms with Crippen molar-refractivity contribution in [2.24, 2.45) is 11.8 Å². The Morgan fingerprint density at radius 2 is 1.77 bits per heavy atom. The fourth-order valence-electron chi connectivity index (χ4n) is 5.62. The van der Waals surface area contributed by atoms with E-state index in [-0.39, 0.29) is 17.8 Å². The van der Waals surface area contributed by atoms with E-state index in [4.69, 9.17) is 18.9 Å². The Kier molecular flexibility index (Phi) is 7.19. The molecular weight excluding hydrogens is 450 g/mol. The molecule has 0 unspecified atom stereocenters. The van der Waals surface area contributed by atoms with E-state index in [0.717, 1.165) is 25.7 Å². The summed E-state index contributed by atoms with van der Waals surface area (Å²) in [7, 11) is 4.33. The first-order valence-electron chi connectivity index (χ1n) is 12.1. The standard InChI is InChI=1S/C27H33NO7/c1-14-13-18-23(24(29)20(14)26(30)34-5)22(17-11-8-12-19(32-3)25(17)33-4)21(15(2)28-18)27(31)35-16-9-6-7-10-16/h8,11-12,14,16,20,22,28H,6-7,9-10,13H2,1-5H3/t14-,20+,22+/m0/s1. The van der Waals surface area contributed by atoms with Crippen LogP contribution >= 0.6 is 0 Å². The van der Waals surface area contributed by atoms with Gasteiger partial charge >= 0.3 is 11.9 Å². The summed E-state index contributed by atoms with van der Waals surface area (Å²) in [6, 6.07) is 5.37. The number of benzene rings is 1. The second kappa shape index (κ2) is 10.1. The Balaban J connectivity index is 1.88. The zero-order valence-electron chi connectivity index (χ0n) is 20.9. The van der Waals surface area contributed by atoms with Crippen LogP contribution in [0.5, 0.6) is 11.5 Å². The van der Waals surface area contributed by atoms with Crippen molar-refractivity contribution in [3.8, 4) is 11.5 Å². The van der Waals surface area contributed by atoms with Crippen LogP contribution in [0.15, 0.2) is 40.7 Å². The first-order chi connectivity index (χ1) is 16.8. The predicted molar refractivity (Wildman–Crippen MR) is 128 cm³/mol. The maximum absolute atomic E-state index is 13.9. The number of dihydropyridines is 1. The van der Waals surface area contributed by atoms with E-state index in [1.54, 1.807) is 12.1 Å². The average molecular weight is 484 g/mol. The summed E-state index contributed by atoms with van der Waals surface area (Å²) in [6.07, 6.45) is 4.02. The molecule has 3 aliphatic rings. The third-order valence-electron chi connectivity index (χ3n) is 7.28. The second-order valence-corrected chi connectivity index (χ2v) is 9.43. The van der Waals surface area contributed by atoms with Gasteiger partial charge in [-0.2, -0.15) is 0 Å². The van der Waals surface area contributed by atoms with Crippen LogP contribution in [0.3, 0.4) is 0 Å². The largest absolute Gasteiger partial charge is 0.493 e. The lowest BCUT2D eigenvalue weighted by molar-refractivity contribution is -0.151. The molecule has 1 heterocycles. The van der Waals surface area contributed by atoms with E-state index in [1.165, 1.54) is 21.3 Å². The maximum atomic E-state index is 13.9. The van der Waals surface area contributed by atoms with Crippen LogP contribution in [-0.2, 0) is 23.9 Å². The molecule has 188 valence electrons. The van der Waals surface area contributed by atoms with Gasteiger partial charge in [0.05, 0.1) is 32.8 Å². The first-order valence-corrected chi connectivity index (χ1v) is 12.1. The van der Waals surface area contributed by atoms with Gasteiger partial charge in [0.15, 0.2) is 17.3 Å². The Bertz CT molecular complexity index is 1100. The number of hydrogen-bond acceptors (Lipinski definition) is 8. The summed E-state index contributed by atoms with van der Waals surface area (Å²) < 4.78 is 22.1.